The molecule has 31 heavy (non-hydrogen) atoms. The molecule has 2 aromatic carbocycles. The van der Waals surface area contributed by atoms with Crippen LogP contribution in [-0.2, 0) is 6.42 Å². The monoisotopic (exact) mass is 446 g/mol. The van der Waals surface area contributed by atoms with E-state index >= 15 is 0 Å². The van der Waals surface area contributed by atoms with Crippen molar-refractivity contribution in [3.05, 3.63) is 99.5 Å². The Balaban J connectivity index is 1.98. The molecule has 0 fully saturated rings. The molecule has 2 heterocycles. The van der Waals surface area contributed by atoms with E-state index in [0.717, 1.165) is 0 Å². The predicted molar refractivity (Wildman–Crippen MR) is 109 cm³/mol. The molecule has 0 radical (unpaired) electrons. The Kier molecular flexibility index (Phi) is 5.54. The van der Waals surface area contributed by atoms with Gasteiger partial charge in [-0.15, -0.1) is 0 Å². The van der Waals surface area contributed by atoms with Gasteiger partial charge in [-0.05, 0) is 24.6 Å². The zero-order chi connectivity index (χ0) is 22.3. The van der Waals surface area contributed by atoms with E-state index in [4.69, 9.17) is 11.6 Å². The second kappa shape index (κ2) is 8.15. The van der Waals surface area contributed by atoms with Gasteiger partial charge < -0.3 is 5.11 Å². The van der Waals surface area contributed by atoms with E-state index in [1.165, 1.54) is 18.5 Å². The summed E-state index contributed by atoms with van der Waals surface area (Å²) in [5.74, 6) is -7.74. The van der Waals surface area contributed by atoms with Crippen molar-refractivity contribution in [3.63, 3.8) is 0 Å². The number of phenolic OH excluding ortho intramolecular Hbond substituents is 1. The van der Waals surface area contributed by atoms with Crippen molar-refractivity contribution in [3.8, 4) is 5.75 Å². The van der Waals surface area contributed by atoms with Crippen LogP contribution < -0.4 is 0 Å². The minimum atomic E-state index is -1.53. The smallest absolute Gasteiger partial charge is 0.165 e. The molecule has 1 atom stereocenters. The fraction of sp³-hybridized carbons (Fsp3) is 0.130. The molecule has 1 N–H and O–H groups in total. The van der Waals surface area contributed by atoms with Crippen molar-refractivity contribution in [2.45, 2.75) is 19.3 Å². The number of aromatic hydroxyl groups is 1. The molecule has 158 valence electrons. The van der Waals surface area contributed by atoms with Crippen LogP contribution in [0, 0.1) is 30.2 Å². The Morgan fingerprint density at radius 3 is 2.39 bits per heavy atom. The summed E-state index contributed by atoms with van der Waals surface area (Å²) >= 11 is 5.94. The zero-order valence-electron chi connectivity index (χ0n) is 16.1. The predicted octanol–water partition coefficient (Wildman–Crippen LogP) is 6.23. The Labute approximate surface area is 180 Å². The maximum absolute atomic E-state index is 14.8. The molecule has 0 aliphatic carbocycles. The molecule has 2 aromatic heterocycles. The quantitative estimate of drug-likeness (QED) is 0.298. The lowest BCUT2D eigenvalue weighted by Crippen LogP contribution is -2.14. The summed E-state index contributed by atoms with van der Waals surface area (Å²) in [5.41, 5.74) is 0.444. The molecule has 0 saturated carbocycles. The van der Waals surface area contributed by atoms with Gasteiger partial charge in [-0.2, -0.15) is 0 Å². The van der Waals surface area contributed by atoms with Gasteiger partial charge in [0.25, 0.3) is 0 Å². The van der Waals surface area contributed by atoms with Crippen LogP contribution in [0.1, 0.15) is 28.3 Å². The molecular formula is C23H15ClF4N2O. The second-order valence-corrected chi connectivity index (χ2v) is 7.57. The van der Waals surface area contributed by atoms with Gasteiger partial charge in [-0.1, -0.05) is 29.8 Å². The van der Waals surface area contributed by atoms with Crippen LogP contribution >= 0.6 is 11.6 Å². The minimum absolute atomic E-state index is 0.0603. The first kappa shape index (κ1) is 21.1. The topological polar surface area (TPSA) is 46.0 Å². The lowest BCUT2D eigenvalue weighted by molar-refractivity contribution is 0.426. The first-order valence-electron chi connectivity index (χ1n) is 9.28. The number of aromatic nitrogens is 2. The van der Waals surface area contributed by atoms with Gasteiger partial charge in [0, 0.05) is 53.0 Å². The third kappa shape index (κ3) is 3.81. The lowest BCUT2D eigenvalue weighted by atomic mass is 9.84. The van der Waals surface area contributed by atoms with Crippen molar-refractivity contribution >= 4 is 22.5 Å². The van der Waals surface area contributed by atoms with Gasteiger partial charge in [-0.25, -0.2) is 17.6 Å². The maximum atomic E-state index is 14.8. The number of rotatable bonds is 4. The number of fused-ring (bicyclic) bond motifs is 1. The van der Waals surface area contributed by atoms with E-state index in [-0.39, 0.29) is 29.3 Å². The molecule has 0 amide bonds. The second-order valence-electron chi connectivity index (χ2n) is 7.13. The van der Waals surface area contributed by atoms with Crippen LogP contribution in [0.4, 0.5) is 17.6 Å². The lowest BCUT2D eigenvalue weighted by Gasteiger charge is -2.22. The van der Waals surface area contributed by atoms with Gasteiger partial charge in [0.2, 0.25) is 0 Å². The Bertz CT molecular complexity index is 1290. The van der Waals surface area contributed by atoms with E-state index in [1.807, 2.05) is 0 Å². The van der Waals surface area contributed by atoms with Crippen LogP contribution in [0.5, 0.6) is 5.75 Å². The number of nitrogens with zero attached hydrogens (tertiary/aromatic N) is 2. The van der Waals surface area contributed by atoms with Crippen LogP contribution in [0.3, 0.4) is 0 Å². The highest BCUT2D eigenvalue weighted by atomic mass is 35.5. The minimum Gasteiger partial charge on any atom is -0.505 e. The normalized spacial score (nSPS) is 12.3. The summed E-state index contributed by atoms with van der Waals surface area (Å²) < 4.78 is 57.6. The average Bonchev–Trinajstić information content (AvgIpc) is 2.74. The highest BCUT2D eigenvalue weighted by Crippen LogP contribution is 2.40. The Morgan fingerprint density at radius 2 is 1.71 bits per heavy atom. The summed E-state index contributed by atoms with van der Waals surface area (Å²) in [6.45, 7) is 1.70. The number of aryl methyl sites for hydroxylation is 1. The van der Waals surface area contributed by atoms with Crippen LogP contribution in [0.2, 0.25) is 5.02 Å². The molecule has 0 spiro atoms. The highest BCUT2D eigenvalue weighted by molar-refractivity contribution is 6.30. The van der Waals surface area contributed by atoms with E-state index in [1.54, 1.807) is 31.2 Å². The maximum Gasteiger partial charge on any atom is 0.165 e. The van der Waals surface area contributed by atoms with E-state index in [0.29, 0.717) is 21.7 Å². The number of halogens is 5. The molecule has 0 bridgehead atoms. The third-order valence-corrected chi connectivity index (χ3v) is 5.41. The molecule has 0 aliphatic heterocycles. The van der Waals surface area contributed by atoms with E-state index in [9.17, 15) is 22.7 Å². The number of benzene rings is 2. The van der Waals surface area contributed by atoms with E-state index in [2.05, 4.69) is 9.97 Å². The molecule has 4 aromatic rings. The third-order valence-electron chi connectivity index (χ3n) is 5.20. The number of hydrogen-bond acceptors (Lipinski definition) is 3. The van der Waals surface area contributed by atoms with Gasteiger partial charge in [-0.3, -0.25) is 9.97 Å². The highest BCUT2D eigenvalue weighted by Gasteiger charge is 2.30. The SMILES string of the molecule is Cc1cc(Cl)cnc1CC(c1ccc2cccnc2c1O)c1c(F)c(F)cc(F)c1F. The largest absolute Gasteiger partial charge is 0.505 e. The molecule has 0 aliphatic rings. The Hall–Kier alpha value is -3.19. The Morgan fingerprint density at radius 1 is 1.00 bits per heavy atom. The summed E-state index contributed by atoms with van der Waals surface area (Å²) in [6, 6.07) is 8.20. The fourth-order valence-electron chi connectivity index (χ4n) is 3.67. The number of hydrogen-bond donors (Lipinski definition) is 1. The summed E-state index contributed by atoms with van der Waals surface area (Å²) in [7, 11) is 0. The van der Waals surface area contributed by atoms with E-state index < -0.39 is 34.8 Å². The molecule has 3 nitrogen and oxygen atoms in total. The summed E-state index contributed by atoms with van der Waals surface area (Å²) in [4.78, 5) is 8.32. The van der Waals surface area contributed by atoms with Crippen molar-refractivity contribution in [1.82, 2.24) is 9.97 Å². The van der Waals surface area contributed by atoms with Crippen LogP contribution in [-0.4, -0.2) is 15.1 Å². The molecular weight excluding hydrogens is 432 g/mol. The van der Waals surface area contributed by atoms with Crippen molar-refractivity contribution in [2.75, 3.05) is 0 Å². The zero-order valence-corrected chi connectivity index (χ0v) is 16.9. The first-order valence-corrected chi connectivity index (χ1v) is 9.66. The average molecular weight is 447 g/mol. The number of pyridine rings is 2. The van der Waals surface area contributed by atoms with Gasteiger partial charge in [0.1, 0.15) is 11.3 Å². The molecule has 8 heteroatoms. The molecule has 1 unspecified atom stereocenters. The van der Waals surface area contributed by atoms with Gasteiger partial charge in [0.15, 0.2) is 23.3 Å². The van der Waals surface area contributed by atoms with Crippen molar-refractivity contribution < 1.29 is 22.7 Å². The molecule has 4 rings (SSSR count). The van der Waals surface area contributed by atoms with Crippen molar-refractivity contribution in [1.29, 1.82) is 0 Å². The standard InChI is InChI=1S/C23H15ClF4N2O/c1-11-7-13(24)10-30-18(11)8-15(19-20(27)16(25)9-17(26)21(19)28)14-5-4-12-3-2-6-29-22(12)23(14)31/h2-7,9-10,15,31H,8H2,1H3. The first-order chi connectivity index (χ1) is 14.8. The van der Waals surface area contributed by atoms with Gasteiger partial charge in [0.05, 0.1) is 5.02 Å². The number of phenols is 1. The van der Waals surface area contributed by atoms with Crippen molar-refractivity contribution in [2.24, 2.45) is 0 Å². The summed E-state index contributed by atoms with van der Waals surface area (Å²) in [6.07, 6.45) is 2.67. The van der Waals surface area contributed by atoms with Crippen LogP contribution in [0.15, 0.2) is 48.8 Å². The fourth-order valence-corrected chi connectivity index (χ4v) is 3.88. The van der Waals surface area contributed by atoms with Gasteiger partial charge >= 0.3 is 0 Å². The van der Waals surface area contributed by atoms with Crippen LogP contribution in [0.25, 0.3) is 10.9 Å². The summed E-state index contributed by atoms with van der Waals surface area (Å²) in [5, 5.41) is 11.8. The molecule has 0 saturated heterocycles.